The minimum atomic E-state index is 0.346. The first kappa shape index (κ1) is 12.1. The molecule has 0 aliphatic heterocycles. The molecule has 0 heterocycles. The van der Waals surface area contributed by atoms with E-state index in [-0.39, 0.29) is 0 Å². The van der Waals surface area contributed by atoms with Gasteiger partial charge in [0.05, 0.1) is 7.11 Å². The summed E-state index contributed by atoms with van der Waals surface area (Å²) in [6, 6.07) is 6.30. The van der Waals surface area contributed by atoms with E-state index in [1.54, 1.807) is 7.11 Å². The van der Waals surface area contributed by atoms with E-state index >= 15 is 0 Å². The smallest absolute Gasteiger partial charge is 0.125 e. The number of hydrogen-bond acceptors (Lipinski definition) is 2. The second-order valence-corrected chi connectivity index (χ2v) is 4.26. The van der Waals surface area contributed by atoms with Crippen molar-refractivity contribution in [2.45, 2.75) is 32.6 Å². The van der Waals surface area contributed by atoms with Crippen molar-refractivity contribution in [3.8, 4) is 5.75 Å². The number of benzene rings is 1. The molecular formula is C13H21NO. The monoisotopic (exact) mass is 207 g/mol. The third-order valence-corrected chi connectivity index (χ3v) is 2.79. The van der Waals surface area contributed by atoms with Crippen LogP contribution < -0.4 is 10.5 Å². The average Bonchev–Trinajstić information content (AvgIpc) is 2.26. The standard InChI is InChI=1S/C13H21NO/c1-9(2)11-6-5-7-12(10(3)8-14)13(11)15-4/h5-7,9-10H,8,14H2,1-4H3. The van der Waals surface area contributed by atoms with E-state index in [9.17, 15) is 0 Å². The second-order valence-electron chi connectivity index (χ2n) is 4.26. The molecule has 1 aromatic rings. The largest absolute Gasteiger partial charge is 0.496 e. The lowest BCUT2D eigenvalue weighted by molar-refractivity contribution is 0.399. The Morgan fingerprint density at radius 1 is 1.20 bits per heavy atom. The Balaban J connectivity index is 3.22. The van der Waals surface area contributed by atoms with Crippen molar-refractivity contribution in [1.82, 2.24) is 0 Å². The zero-order valence-corrected chi connectivity index (χ0v) is 10.1. The van der Waals surface area contributed by atoms with Gasteiger partial charge in [-0.05, 0) is 29.5 Å². The predicted molar refractivity (Wildman–Crippen MR) is 64.6 cm³/mol. The van der Waals surface area contributed by atoms with E-state index in [1.807, 2.05) is 0 Å². The van der Waals surface area contributed by atoms with E-state index in [1.165, 1.54) is 11.1 Å². The van der Waals surface area contributed by atoms with Gasteiger partial charge in [-0.2, -0.15) is 0 Å². The van der Waals surface area contributed by atoms with E-state index in [0.717, 1.165) is 5.75 Å². The third-order valence-electron chi connectivity index (χ3n) is 2.79. The zero-order chi connectivity index (χ0) is 11.4. The highest BCUT2D eigenvalue weighted by molar-refractivity contribution is 5.45. The molecule has 2 heteroatoms. The number of rotatable bonds is 4. The molecule has 84 valence electrons. The molecule has 2 nitrogen and oxygen atoms in total. The molecule has 15 heavy (non-hydrogen) atoms. The zero-order valence-electron chi connectivity index (χ0n) is 10.1. The highest BCUT2D eigenvalue weighted by Crippen LogP contribution is 2.33. The second kappa shape index (κ2) is 5.17. The van der Waals surface area contributed by atoms with Gasteiger partial charge in [0.1, 0.15) is 5.75 Å². The summed E-state index contributed by atoms with van der Waals surface area (Å²) in [4.78, 5) is 0. The van der Waals surface area contributed by atoms with Crippen LogP contribution in [0.2, 0.25) is 0 Å². The van der Waals surface area contributed by atoms with Crippen molar-refractivity contribution in [3.63, 3.8) is 0 Å². The summed E-state index contributed by atoms with van der Waals surface area (Å²) >= 11 is 0. The van der Waals surface area contributed by atoms with E-state index in [2.05, 4.69) is 39.0 Å². The SMILES string of the molecule is COc1c(C(C)C)cccc1C(C)CN. The summed E-state index contributed by atoms with van der Waals surface area (Å²) in [5.74, 6) is 1.83. The van der Waals surface area contributed by atoms with Crippen LogP contribution in [0.15, 0.2) is 18.2 Å². The Labute approximate surface area is 92.4 Å². The van der Waals surface area contributed by atoms with Crippen molar-refractivity contribution < 1.29 is 4.74 Å². The van der Waals surface area contributed by atoms with E-state index in [4.69, 9.17) is 10.5 Å². The summed E-state index contributed by atoms with van der Waals surface area (Å²) in [7, 11) is 1.73. The first-order chi connectivity index (χ1) is 7.11. The lowest BCUT2D eigenvalue weighted by Crippen LogP contribution is -2.11. The molecule has 0 amide bonds. The number of ether oxygens (including phenoxy) is 1. The molecule has 0 spiro atoms. The van der Waals surface area contributed by atoms with Gasteiger partial charge in [0.2, 0.25) is 0 Å². The number of hydrogen-bond donors (Lipinski definition) is 1. The molecular weight excluding hydrogens is 186 g/mol. The number of nitrogens with two attached hydrogens (primary N) is 1. The summed E-state index contributed by atoms with van der Waals surface area (Å²) in [5.41, 5.74) is 8.17. The summed E-state index contributed by atoms with van der Waals surface area (Å²) in [6.45, 7) is 7.13. The fourth-order valence-electron chi connectivity index (χ4n) is 1.78. The Bertz CT molecular complexity index is 320. The highest BCUT2D eigenvalue weighted by atomic mass is 16.5. The van der Waals surface area contributed by atoms with E-state index < -0.39 is 0 Å². The summed E-state index contributed by atoms with van der Waals surface area (Å²) < 4.78 is 5.51. The van der Waals surface area contributed by atoms with Crippen molar-refractivity contribution in [2.24, 2.45) is 5.73 Å². The van der Waals surface area contributed by atoms with Gasteiger partial charge in [-0.15, -0.1) is 0 Å². The molecule has 1 aromatic carbocycles. The molecule has 1 atom stereocenters. The number of para-hydroxylation sites is 1. The maximum atomic E-state index is 5.70. The lowest BCUT2D eigenvalue weighted by atomic mass is 9.93. The number of methoxy groups -OCH3 is 1. The van der Waals surface area contributed by atoms with Crippen molar-refractivity contribution in [2.75, 3.05) is 13.7 Å². The minimum absolute atomic E-state index is 0.346. The third kappa shape index (κ3) is 2.51. The average molecular weight is 207 g/mol. The quantitative estimate of drug-likeness (QED) is 0.824. The van der Waals surface area contributed by atoms with Crippen LogP contribution in [0.3, 0.4) is 0 Å². The van der Waals surface area contributed by atoms with Crippen molar-refractivity contribution in [1.29, 1.82) is 0 Å². The molecule has 0 aromatic heterocycles. The van der Waals surface area contributed by atoms with Crippen LogP contribution in [0.4, 0.5) is 0 Å². The Hall–Kier alpha value is -1.02. The molecule has 0 aliphatic rings. The topological polar surface area (TPSA) is 35.2 Å². The van der Waals surface area contributed by atoms with Gasteiger partial charge >= 0.3 is 0 Å². The maximum absolute atomic E-state index is 5.70. The molecule has 2 N–H and O–H groups in total. The van der Waals surface area contributed by atoms with Crippen molar-refractivity contribution in [3.05, 3.63) is 29.3 Å². The molecule has 0 bridgehead atoms. The van der Waals surface area contributed by atoms with Crippen LogP contribution in [0.5, 0.6) is 5.75 Å². The molecule has 0 fully saturated rings. The highest BCUT2D eigenvalue weighted by Gasteiger charge is 2.15. The van der Waals surface area contributed by atoms with Gasteiger partial charge in [-0.25, -0.2) is 0 Å². The molecule has 0 saturated heterocycles. The molecule has 0 radical (unpaired) electrons. The van der Waals surface area contributed by atoms with Gasteiger partial charge in [-0.1, -0.05) is 39.0 Å². The Kier molecular flexibility index (Phi) is 4.15. The van der Waals surface area contributed by atoms with Gasteiger partial charge in [-0.3, -0.25) is 0 Å². The summed E-state index contributed by atoms with van der Waals surface area (Å²) in [6.07, 6.45) is 0. The predicted octanol–water partition coefficient (Wildman–Crippen LogP) is 2.88. The maximum Gasteiger partial charge on any atom is 0.125 e. The van der Waals surface area contributed by atoms with Crippen LogP contribution in [-0.2, 0) is 0 Å². The Morgan fingerprint density at radius 3 is 2.27 bits per heavy atom. The van der Waals surface area contributed by atoms with Crippen LogP contribution >= 0.6 is 0 Å². The first-order valence-corrected chi connectivity index (χ1v) is 5.48. The van der Waals surface area contributed by atoms with Crippen LogP contribution in [0.25, 0.3) is 0 Å². The summed E-state index contributed by atoms with van der Waals surface area (Å²) in [5, 5.41) is 0. The molecule has 0 aliphatic carbocycles. The van der Waals surface area contributed by atoms with Crippen molar-refractivity contribution >= 4 is 0 Å². The first-order valence-electron chi connectivity index (χ1n) is 5.48. The fourth-order valence-corrected chi connectivity index (χ4v) is 1.78. The molecule has 1 rings (SSSR count). The van der Waals surface area contributed by atoms with Gasteiger partial charge in [0.25, 0.3) is 0 Å². The van der Waals surface area contributed by atoms with Gasteiger partial charge in [0.15, 0.2) is 0 Å². The Morgan fingerprint density at radius 2 is 1.80 bits per heavy atom. The molecule has 0 saturated carbocycles. The molecule has 1 unspecified atom stereocenters. The normalized spacial score (nSPS) is 12.9. The van der Waals surface area contributed by atoms with Gasteiger partial charge in [0, 0.05) is 0 Å². The van der Waals surface area contributed by atoms with E-state index in [0.29, 0.717) is 18.4 Å². The van der Waals surface area contributed by atoms with Crippen LogP contribution in [0.1, 0.15) is 43.7 Å². The lowest BCUT2D eigenvalue weighted by Gasteiger charge is -2.19. The minimum Gasteiger partial charge on any atom is -0.496 e. The fraction of sp³-hybridized carbons (Fsp3) is 0.538. The van der Waals surface area contributed by atoms with Gasteiger partial charge < -0.3 is 10.5 Å². The van der Waals surface area contributed by atoms with Crippen LogP contribution in [-0.4, -0.2) is 13.7 Å². The van der Waals surface area contributed by atoms with Crippen LogP contribution in [0, 0.1) is 0 Å².